The van der Waals surface area contributed by atoms with Gasteiger partial charge in [0.2, 0.25) is 0 Å². The summed E-state index contributed by atoms with van der Waals surface area (Å²) in [4.78, 5) is 24.1. The number of halogens is 2. The molecular formula is C21H22Cl2N2O5S. The van der Waals surface area contributed by atoms with E-state index in [9.17, 15) is 14.7 Å². The first-order valence-electron chi connectivity index (χ1n) is 8.96. The Morgan fingerprint density at radius 3 is 2.42 bits per heavy atom. The van der Waals surface area contributed by atoms with Gasteiger partial charge in [0, 0.05) is 18.5 Å². The van der Waals surface area contributed by atoms with E-state index >= 15 is 0 Å². The van der Waals surface area contributed by atoms with Gasteiger partial charge >= 0.3 is 5.97 Å². The average molecular weight is 485 g/mol. The molecule has 0 unspecified atom stereocenters. The highest BCUT2D eigenvalue weighted by Gasteiger charge is 2.22. The number of benzene rings is 2. The third kappa shape index (κ3) is 4.62. The fourth-order valence-corrected chi connectivity index (χ4v) is 3.88. The molecule has 1 atom stereocenters. The number of methoxy groups -OCH3 is 1. The lowest BCUT2D eigenvalue weighted by Crippen LogP contribution is -2.32. The number of carboxylic acid groups (broad SMARTS) is 1. The number of aromatic nitrogens is 1. The number of aliphatic hydroxyl groups is 1. The smallest absolute Gasteiger partial charge is 0.335 e. The summed E-state index contributed by atoms with van der Waals surface area (Å²) in [7, 11) is 3.19. The Bertz CT molecular complexity index is 1160. The second kappa shape index (κ2) is 9.82. The van der Waals surface area contributed by atoms with Crippen LogP contribution in [0, 0.1) is 6.92 Å². The van der Waals surface area contributed by atoms with Gasteiger partial charge in [-0.3, -0.25) is 4.79 Å². The monoisotopic (exact) mass is 484 g/mol. The molecule has 3 aromatic rings. The molecule has 3 rings (SSSR count). The lowest BCUT2D eigenvalue weighted by atomic mass is 9.99. The third-order valence-corrected chi connectivity index (χ3v) is 5.89. The highest BCUT2D eigenvalue weighted by atomic mass is 35.5. The molecule has 0 aliphatic heterocycles. The van der Waals surface area contributed by atoms with Crippen molar-refractivity contribution in [1.82, 2.24) is 9.88 Å². The van der Waals surface area contributed by atoms with Crippen LogP contribution in [-0.2, 0) is 7.05 Å². The number of hydrogen-bond donors (Lipinski definition) is 3. The summed E-state index contributed by atoms with van der Waals surface area (Å²) < 4.78 is 6.89. The number of ether oxygens (including phenoxy) is 1. The Balaban J connectivity index is 0.00000341. The van der Waals surface area contributed by atoms with Crippen molar-refractivity contribution in [3.05, 3.63) is 62.8 Å². The molecule has 0 spiro atoms. The molecule has 0 bridgehead atoms. The Labute approximate surface area is 196 Å². The molecule has 0 saturated heterocycles. The van der Waals surface area contributed by atoms with Crippen molar-refractivity contribution in [3.8, 4) is 5.75 Å². The number of fused-ring (bicyclic) bond motifs is 1. The number of nitrogens with zero attached hydrogens (tertiary/aromatic N) is 1. The summed E-state index contributed by atoms with van der Waals surface area (Å²) in [5, 5.41) is 22.9. The van der Waals surface area contributed by atoms with Gasteiger partial charge in [-0.1, -0.05) is 29.3 Å². The summed E-state index contributed by atoms with van der Waals surface area (Å²) in [6.45, 7) is 1.37. The Morgan fingerprint density at radius 1 is 1.19 bits per heavy atom. The maximum atomic E-state index is 13.0. The zero-order valence-corrected chi connectivity index (χ0v) is 19.5. The Kier molecular flexibility index (Phi) is 7.88. The number of carbonyl (C=O) groups is 2. The Hall–Kier alpha value is -2.39. The van der Waals surface area contributed by atoms with Crippen molar-refractivity contribution < 1.29 is 24.5 Å². The van der Waals surface area contributed by atoms with E-state index < -0.39 is 17.9 Å². The lowest BCUT2D eigenvalue weighted by molar-refractivity contribution is 0.0696. The molecule has 3 N–H and O–H groups in total. The van der Waals surface area contributed by atoms with E-state index in [1.54, 1.807) is 36.7 Å². The minimum atomic E-state index is -1.05. The van der Waals surface area contributed by atoms with Gasteiger partial charge in [-0.05, 0) is 36.2 Å². The number of carbonyl (C=O) groups excluding carboxylic acids is 1. The average Bonchev–Trinajstić information content (AvgIpc) is 3.05. The quantitative estimate of drug-likeness (QED) is 0.489. The molecular weight excluding hydrogens is 463 g/mol. The van der Waals surface area contributed by atoms with Crippen LogP contribution in [0.3, 0.4) is 0 Å². The van der Waals surface area contributed by atoms with Gasteiger partial charge in [-0.2, -0.15) is 13.5 Å². The van der Waals surface area contributed by atoms with Gasteiger partial charge in [0.25, 0.3) is 5.91 Å². The number of amides is 1. The number of hydrogen-bond acceptors (Lipinski definition) is 4. The molecule has 1 amide bonds. The number of aryl methyl sites for hydroxylation is 2. The molecule has 0 saturated carbocycles. The highest BCUT2D eigenvalue weighted by molar-refractivity contribution is 7.59. The molecule has 1 heterocycles. The summed E-state index contributed by atoms with van der Waals surface area (Å²) in [6, 6.07) is 7.11. The number of aliphatic hydroxyl groups excluding tert-OH is 1. The van der Waals surface area contributed by atoms with Crippen molar-refractivity contribution in [2.45, 2.75) is 13.0 Å². The molecule has 2 aromatic carbocycles. The normalized spacial score (nSPS) is 11.7. The van der Waals surface area contributed by atoms with Gasteiger partial charge < -0.3 is 24.8 Å². The maximum absolute atomic E-state index is 13.0. The third-order valence-electron chi connectivity index (χ3n) is 5.03. The highest BCUT2D eigenvalue weighted by Crippen LogP contribution is 2.39. The summed E-state index contributed by atoms with van der Waals surface area (Å²) in [5.74, 6) is -1.08. The summed E-state index contributed by atoms with van der Waals surface area (Å²) in [5.41, 5.74) is 2.38. The standard InChI is InChI=1S/C21H20Cl2N2O5.H2S/c1-10-6-11(21(28)29)4-5-12(10)14(9-26)24-20(27)16-7-13-15(25(16)2)8-17(30-3)19(23)18(13)22;/h4-8,14,26H,9H2,1-3H3,(H,24,27)(H,28,29);1H2/t14-;/m1./s1. The van der Waals surface area contributed by atoms with Crippen LogP contribution in [-0.4, -0.2) is 40.4 Å². The molecule has 7 nitrogen and oxygen atoms in total. The topological polar surface area (TPSA) is 101 Å². The van der Waals surface area contributed by atoms with E-state index in [0.717, 1.165) is 0 Å². The van der Waals surface area contributed by atoms with E-state index in [1.807, 2.05) is 0 Å². The van der Waals surface area contributed by atoms with Crippen molar-refractivity contribution in [2.75, 3.05) is 13.7 Å². The SMILES string of the molecule is COc1cc2c(cc(C(=O)N[C@H](CO)c3ccc(C(=O)O)cc3C)n2C)c(Cl)c1Cl.S. The van der Waals surface area contributed by atoms with Crippen molar-refractivity contribution in [2.24, 2.45) is 7.05 Å². The van der Waals surface area contributed by atoms with Crippen molar-refractivity contribution in [1.29, 1.82) is 0 Å². The van der Waals surface area contributed by atoms with Gasteiger partial charge in [0.1, 0.15) is 16.5 Å². The van der Waals surface area contributed by atoms with Gasteiger partial charge in [-0.15, -0.1) is 0 Å². The zero-order valence-electron chi connectivity index (χ0n) is 17.0. The van der Waals surface area contributed by atoms with Crippen LogP contribution in [0.15, 0.2) is 30.3 Å². The van der Waals surface area contributed by atoms with Crippen LogP contribution in [0.25, 0.3) is 10.9 Å². The number of nitrogens with one attached hydrogen (secondary N) is 1. The van der Waals surface area contributed by atoms with Gasteiger partial charge in [0.15, 0.2) is 0 Å². The predicted molar refractivity (Wildman–Crippen MR) is 125 cm³/mol. The molecule has 0 radical (unpaired) electrons. The molecule has 1 aromatic heterocycles. The number of rotatable bonds is 6. The molecule has 0 aliphatic rings. The van der Waals surface area contributed by atoms with E-state index in [1.165, 1.54) is 19.2 Å². The zero-order chi connectivity index (χ0) is 22.2. The molecule has 166 valence electrons. The fourth-order valence-electron chi connectivity index (χ4n) is 3.40. The van der Waals surface area contributed by atoms with Crippen molar-refractivity contribution >= 4 is 59.5 Å². The number of carboxylic acids is 1. The first kappa shape index (κ1) is 24.9. The Morgan fingerprint density at radius 2 is 1.87 bits per heavy atom. The first-order chi connectivity index (χ1) is 14.2. The van der Waals surface area contributed by atoms with Gasteiger partial charge in [0.05, 0.1) is 35.9 Å². The minimum Gasteiger partial charge on any atom is -0.495 e. The van der Waals surface area contributed by atoms with Crippen LogP contribution in [0.5, 0.6) is 5.75 Å². The van der Waals surface area contributed by atoms with Crippen LogP contribution >= 0.6 is 36.7 Å². The van der Waals surface area contributed by atoms with Crippen LogP contribution < -0.4 is 10.1 Å². The van der Waals surface area contributed by atoms with Crippen LogP contribution in [0.4, 0.5) is 0 Å². The molecule has 10 heteroatoms. The van der Waals surface area contributed by atoms with Crippen LogP contribution in [0.2, 0.25) is 10.0 Å². The van der Waals surface area contributed by atoms with E-state index in [2.05, 4.69) is 5.32 Å². The largest absolute Gasteiger partial charge is 0.495 e. The fraction of sp³-hybridized carbons (Fsp3) is 0.238. The second-order valence-corrected chi connectivity index (χ2v) is 7.57. The molecule has 0 aliphatic carbocycles. The lowest BCUT2D eigenvalue weighted by Gasteiger charge is -2.19. The first-order valence-corrected chi connectivity index (χ1v) is 9.72. The summed E-state index contributed by atoms with van der Waals surface area (Å²) >= 11 is 12.6. The van der Waals surface area contributed by atoms with Crippen LogP contribution in [0.1, 0.15) is 38.0 Å². The maximum Gasteiger partial charge on any atom is 0.335 e. The van der Waals surface area contributed by atoms with Crippen molar-refractivity contribution in [3.63, 3.8) is 0 Å². The second-order valence-electron chi connectivity index (χ2n) is 6.81. The minimum absolute atomic E-state index is 0. The molecule has 0 fully saturated rings. The summed E-state index contributed by atoms with van der Waals surface area (Å²) in [6.07, 6.45) is 0. The van der Waals surface area contributed by atoms with E-state index in [0.29, 0.717) is 33.5 Å². The predicted octanol–water partition coefficient (Wildman–Crippen LogP) is 4.08. The number of aromatic carboxylic acids is 1. The van der Waals surface area contributed by atoms with E-state index in [-0.39, 0.29) is 35.7 Å². The van der Waals surface area contributed by atoms with E-state index in [4.69, 9.17) is 33.0 Å². The molecule has 31 heavy (non-hydrogen) atoms. The van der Waals surface area contributed by atoms with Gasteiger partial charge in [-0.25, -0.2) is 4.79 Å².